The summed E-state index contributed by atoms with van der Waals surface area (Å²) < 4.78 is 1.59. The molecule has 8 nitrogen and oxygen atoms in total. The third-order valence-corrected chi connectivity index (χ3v) is 4.35. The van der Waals surface area contributed by atoms with Crippen molar-refractivity contribution in [3.8, 4) is 0 Å². The monoisotopic (exact) mass is 391 g/mol. The zero-order valence-corrected chi connectivity index (χ0v) is 16.1. The summed E-state index contributed by atoms with van der Waals surface area (Å²) in [5.41, 5.74) is 5.70. The molecule has 0 aliphatic rings. The number of carbonyl (C=O) groups is 1. The Morgan fingerprint density at radius 1 is 1.17 bits per heavy atom. The largest absolute Gasteiger partial charge is 0.291 e. The Hall–Kier alpha value is -3.81. The molecule has 0 unspecified atom stereocenters. The van der Waals surface area contributed by atoms with Gasteiger partial charge in [0.2, 0.25) is 0 Å². The zero-order valence-electron chi connectivity index (χ0n) is 16.1. The minimum Gasteiger partial charge on any atom is -0.268 e. The first kappa shape index (κ1) is 19.9. The highest BCUT2D eigenvalue weighted by molar-refractivity contribution is 5.93. The Morgan fingerprint density at radius 3 is 2.48 bits per heavy atom. The fourth-order valence-corrected chi connectivity index (χ4v) is 2.67. The number of carbonyl (C=O) groups excluding carboxylic acids is 1. The number of hydrogen-bond acceptors (Lipinski definition) is 5. The van der Waals surface area contributed by atoms with Gasteiger partial charge >= 0.3 is 0 Å². The zero-order chi connectivity index (χ0) is 20.8. The van der Waals surface area contributed by atoms with Crippen molar-refractivity contribution < 1.29 is 9.72 Å². The van der Waals surface area contributed by atoms with Crippen molar-refractivity contribution in [2.45, 2.75) is 26.3 Å². The number of nitro groups is 1. The minimum atomic E-state index is -0.445. The van der Waals surface area contributed by atoms with Crippen LogP contribution in [0.1, 0.15) is 46.9 Å². The maximum absolute atomic E-state index is 12.2. The summed E-state index contributed by atoms with van der Waals surface area (Å²) in [4.78, 5) is 22.4. The van der Waals surface area contributed by atoms with Gasteiger partial charge < -0.3 is 0 Å². The Labute approximate surface area is 168 Å². The van der Waals surface area contributed by atoms with E-state index in [1.807, 2.05) is 24.3 Å². The van der Waals surface area contributed by atoms with Gasteiger partial charge in [0.25, 0.3) is 11.6 Å². The van der Waals surface area contributed by atoms with Crippen molar-refractivity contribution in [3.63, 3.8) is 0 Å². The lowest BCUT2D eigenvalue weighted by Crippen LogP contribution is -2.18. The number of hydrogen-bond donors (Lipinski definition) is 1. The van der Waals surface area contributed by atoms with Crippen LogP contribution < -0.4 is 5.43 Å². The van der Waals surface area contributed by atoms with Gasteiger partial charge in [-0.3, -0.25) is 19.6 Å². The molecule has 3 rings (SSSR count). The van der Waals surface area contributed by atoms with Crippen molar-refractivity contribution in [1.82, 2.24) is 15.2 Å². The summed E-state index contributed by atoms with van der Waals surface area (Å²) >= 11 is 0. The van der Waals surface area contributed by atoms with E-state index in [1.54, 1.807) is 35.3 Å². The van der Waals surface area contributed by atoms with Gasteiger partial charge in [-0.05, 0) is 28.7 Å². The number of nitrogens with one attached hydrogen (secondary N) is 1. The lowest BCUT2D eigenvalue weighted by Gasteiger charge is -2.04. The topological polar surface area (TPSA) is 102 Å². The molecule has 0 saturated carbocycles. The normalized spacial score (nSPS) is 11.1. The highest BCUT2D eigenvalue weighted by atomic mass is 16.6. The smallest absolute Gasteiger partial charge is 0.268 e. The first-order chi connectivity index (χ1) is 13.9. The molecule has 0 fully saturated rings. The van der Waals surface area contributed by atoms with Crippen LogP contribution in [0.25, 0.3) is 0 Å². The van der Waals surface area contributed by atoms with E-state index in [1.165, 1.54) is 17.7 Å². The second-order valence-electron chi connectivity index (χ2n) is 6.84. The van der Waals surface area contributed by atoms with Crippen molar-refractivity contribution in [2.24, 2.45) is 5.10 Å². The van der Waals surface area contributed by atoms with E-state index < -0.39 is 10.8 Å². The SMILES string of the molecule is CC(C)c1ccc(/C=N\NC(=O)c2ccn(Cc3ccc([N+](=O)[O-])cc3)n2)cc1. The number of aromatic nitrogens is 2. The van der Waals surface area contributed by atoms with E-state index in [4.69, 9.17) is 0 Å². The van der Waals surface area contributed by atoms with Crippen LogP contribution in [0.2, 0.25) is 0 Å². The standard InChI is InChI=1S/C21H21N5O3/c1-15(2)18-7-3-16(4-8-18)13-22-23-21(27)20-11-12-25(24-20)14-17-5-9-19(10-6-17)26(28)29/h3-13,15H,14H2,1-2H3,(H,23,27)/b22-13-. The molecule has 0 aliphatic heterocycles. The van der Waals surface area contributed by atoms with Gasteiger partial charge in [0.05, 0.1) is 17.7 Å². The van der Waals surface area contributed by atoms with Crippen LogP contribution in [-0.2, 0) is 6.54 Å². The molecule has 1 N–H and O–H groups in total. The lowest BCUT2D eigenvalue weighted by molar-refractivity contribution is -0.384. The van der Waals surface area contributed by atoms with Gasteiger partial charge in [-0.25, -0.2) is 5.43 Å². The highest BCUT2D eigenvalue weighted by Gasteiger charge is 2.09. The Morgan fingerprint density at radius 2 is 1.86 bits per heavy atom. The van der Waals surface area contributed by atoms with Gasteiger partial charge in [0.1, 0.15) is 0 Å². The van der Waals surface area contributed by atoms with Gasteiger partial charge in [-0.2, -0.15) is 10.2 Å². The molecule has 0 aliphatic carbocycles. The predicted octanol–water partition coefficient (Wildman–Crippen LogP) is 3.73. The Bertz CT molecular complexity index is 1020. The molecule has 0 radical (unpaired) electrons. The number of amides is 1. The molecule has 0 atom stereocenters. The molecule has 2 aromatic carbocycles. The molecule has 0 bridgehead atoms. The maximum atomic E-state index is 12.2. The molecule has 1 aromatic heterocycles. The van der Waals surface area contributed by atoms with Crippen LogP contribution in [0.4, 0.5) is 5.69 Å². The van der Waals surface area contributed by atoms with Crippen molar-refractivity contribution in [2.75, 3.05) is 0 Å². The lowest BCUT2D eigenvalue weighted by atomic mass is 10.0. The van der Waals surface area contributed by atoms with Crippen molar-refractivity contribution >= 4 is 17.8 Å². The summed E-state index contributed by atoms with van der Waals surface area (Å²) in [6, 6.07) is 15.8. The fraction of sp³-hybridized carbons (Fsp3) is 0.190. The third-order valence-electron chi connectivity index (χ3n) is 4.35. The molecule has 1 amide bonds. The number of benzene rings is 2. The van der Waals surface area contributed by atoms with E-state index in [-0.39, 0.29) is 11.4 Å². The summed E-state index contributed by atoms with van der Waals surface area (Å²) in [6.07, 6.45) is 3.25. The summed E-state index contributed by atoms with van der Waals surface area (Å²) in [7, 11) is 0. The number of nitrogens with zero attached hydrogens (tertiary/aromatic N) is 4. The van der Waals surface area contributed by atoms with Gasteiger partial charge in [-0.15, -0.1) is 0 Å². The van der Waals surface area contributed by atoms with Crippen LogP contribution in [0.15, 0.2) is 65.9 Å². The van der Waals surface area contributed by atoms with Crippen LogP contribution in [-0.4, -0.2) is 26.8 Å². The van der Waals surface area contributed by atoms with Gasteiger partial charge in [-0.1, -0.05) is 50.2 Å². The number of nitro benzene ring substituents is 1. The Balaban J connectivity index is 1.56. The van der Waals surface area contributed by atoms with Crippen LogP contribution in [0, 0.1) is 10.1 Å². The molecule has 148 valence electrons. The van der Waals surface area contributed by atoms with E-state index in [0.29, 0.717) is 12.5 Å². The number of non-ortho nitro benzene ring substituents is 1. The maximum Gasteiger partial charge on any atom is 0.291 e. The van der Waals surface area contributed by atoms with Crippen LogP contribution >= 0.6 is 0 Å². The second-order valence-corrected chi connectivity index (χ2v) is 6.84. The highest BCUT2D eigenvalue weighted by Crippen LogP contribution is 2.14. The molecule has 0 spiro atoms. The van der Waals surface area contributed by atoms with Gasteiger partial charge in [0, 0.05) is 18.3 Å². The van der Waals surface area contributed by atoms with E-state index >= 15 is 0 Å². The van der Waals surface area contributed by atoms with E-state index in [0.717, 1.165) is 11.1 Å². The molecular weight excluding hydrogens is 370 g/mol. The molecule has 29 heavy (non-hydrogen) atoms. The second kappa shape index (κ2) is 8.92. The van der Waals surface area contributed by atoms with Crippen LogP contribution in [0.5, 0.6) is 0 Å². The minimum absolute atomic E-state index is 0.0333. The first-order valence-electron chi connectivity index (χ1n) is 9.12. The molecule has 3 aromatic rings. The Kier molecular flexibility index (Phi) is 6.13. The molecule has 8 heteroatoms. The van der Waals surface area contributed by atoms with Crippen molar-refractivity contribution in [1.29, 1.82) is 0 Å². The molecule has 1 heterocycles. The predicted molar refractivity (Wildman–Crippen MR) is 110 cm³/mol. The first-order valence-corrected chi connectivity index (χ1v) is 9.12. The van der Waals surface area contributed by atoms with E-state index in [2.05, 4.69) is 29.5 Å². The quantitative estimate of drug-likeness (QED) is 0.376. The average Bonchev–Trinajstić information content (AvgIpc) is 3.17. The van der Waals surface area contributed by atoms with Gasteiger partial charge in [0.15, 0.2) is 5.69 Å². The number of rotatable bonds is 7. The fourth-order valence-electron chi connectivity index (χ4n) is 2.67. The number of hydrazone groups is 1. The van der Waals surface area contributed by atoms with Crippen molar-refractivity contribution in [3.05, 3.63) is 93.3 Å². The average molecular weight is 391 g/mol. The van der Waals surface area contributed by atoms with E-state index in [9.17, 15) is 14.9 Å². The molecule has 0 saturated heterocycles. The third kappa shape index (κ3) is 5.35. The van der Waals surface area contributed by atoms with Crippen LogP contribution in [0.3, 0.4) is 0 Å². The summed E-state index contributed by atoms with van der Waals surface area (Å²) in [6.45, 7) is 4.66. The summed E-state index contributed by atoms with van der Waals surface area (Å²) in [5.74, 6) is 0.0457. The molecular formula is C21H21N5O3. The summed E-state index contributed by atoms with van der Waals surface area (Å²) in [5, 5.41) is 18.9.